The summed E-state index contributed by atoms with van der Waals surface area (Å²) in [7, 11) is 0. The highest BCUT2D eigenvalue weighted by Gasteiger charge is 2.35. The van der Waals surface area contributed by atoms with Crippen molar-refractivity contribution in [1.29, 1.82) is 0 Å². The third-order valence-corrected chi connectivity index (χ3v) is 6.20. The van der Waals surface area contributed by atoms with Gasteiger partial charge in [0.15, 0.2) is 5.82 Å². The minimum atomic E-state index is 0.176. The topological polar surface area (TPSA) is 19.4 Å². The third-order valence-electron chi connectivity index (χ3n) is 6.20. The summed E-state index contributed by atoms with van der Waals surface area (Å²) in [5.41, 5.74) is 3.49. The minimum absolute atomic E-state index is 0.176. The van der Waals surface area contributed by atoms with Crippen LogP contribution < -0.4 is 9.80 Å². The molecule has 178 valence electrons. The summed E-state index contributed by atoms with van der Waals surface area (Å²) >= 11 is 4.64. The van der Waals surface area contributed by atoms with Crippen LogP contribution in [0.2, 0.25) is 0 Å². The van der Waals surface area contributed by atoms with Crippen LogP contribution in [0.25, 0.3) is 0 Å². The Hall–Kier alpha value is -2.52. The summed E-state index contributed by atoms with van der Waals surface area (Å²) in [6, 6.07) is 25.0. The van der Waals surface area contributed by atoms with Crippen molar-refractivity contribution in [1.82, 2.24) is 4.98 Å². The van der Waals surface area contributed by atoms with E-state index in [1.165, 1.54) is 31.3 Å². The van der Waals surface area contributed by atoms with Gasteiger partial charge < -0.3 is 9.80 Å². The normalized spacial score (nSPS) is 15.2. The Morgan fingerprint density at radius 1 is 0.818 bits per heavy atom. The smallest absolute Gasteiger partial charge is 0.158 e. The molecule has 0 aliphatic carbocycles. The standard InChI is InChI=1S/C19H17N3.C9H20.CH3Cl/c1-15-21(16-9-4-2-5-10-16)18-13-8-14-20-19(18)22(15)17-11-6-3-7-12-17;1-5-7-9(6-2)8(3)4;1-2/h2-15H,1H3;8-9H,5-7H2,1-4H3;1H3. The molecule has 1 aromatic heterocycles. The third kappa shape index (κ3) is 6.74. The summed E-state index contributed by atoms with van der Waals surface area (Å²) in [5, 5.41) is 0. The van der Waals surface area contributed by atoms with Gasteiger partial charge in [0.2, 0.25) is 0 Å². The molecule has 2 atom stereocenters. The van der Waals surface area contributed by atoms with E-state index in [0.29, 0.717) is 0 Å². The van der Waals surface area contributed by atoms with Gasteiger partial charge in [-0.15, -0.1) is 11.6 Å². The molecule has 33 heavy (non-hydrogen) atoms. The van der Waals surface area contributed by atoms with Gasteiger partial charge in [0.25, 0.3) is 0 Å². The fourth-order valence-corrected chi connectivity index (χ4v) is 4.51. The second-order valence-electron chi connectivity index (χ2n) is 8.59. The number of aromatic nitrogens is 1. The first-order valence-electron chi connectivity index (χ1n) is 12.1. The maximum atomic E-state index is 4.64. The van der Waals surface area contributed by atoms with Crippen molar-refractivity contribution in [3.63, 3.8) is 0 Å². The molecule has 1 aliphatic heterocycles. The van der Waals surface area contributed by atoms with Gasteiger partial charge in [0, 0.05) is 24.0 Å². The first kappa shape index (κ1) is 26.7. The molecule has 0 fully saturated rings. The summed E-state index contributed by atoms with van der Waals surface area (Å²) in [6.45, 7) is 11.4. The molecule has 0 radical (unpaired) electrons. The quantitative estimate of drug-likeness (QED) is 0.338. The van der Waals surface area contributed by atoms with Crippen LogP contribution in [0.3, 0.4) is 0 Å². The van der Waals surface area contributed by atoms with Crippen LogP contribution in [0.4, 0.5) is 22.9 Å². The van der Waals surface area contributed by atoms with Crippen LogP contribution in [-0.2, 0) is 0 Å². The highest BCUT2D eigenvalue weighted by molar-refractivity contribution is 6.15. The Kier molecular flexibility index (Phi) is 11.3. The summed E-state index contributed by atoms with van der Waals surface area (Å²) in [6.07, 6.45) is 7.61. The van der Waals surface area contributed by atoms with Gasteiger partial charge in [-0.1, -0.05) is 83.4 Å². The van der Waals surface area contributed by atoms with Crippen LogP contribution in [0.15, 0.2) is 79.0 Å². The van der Waals surface area contributed by atoms with Crippen LogP contribution in [0, 0.1) is 11.8 Å². The molecule has 0 saturated heterocycles. The lowest BCUT2D eigenvalue weighted by Gasteiger charge is -2.29. The maximum absolute atomic E-state index is 4.64. The summed E-state index contributed by atoms with van der Waals surface area (Å²) in [4.78, 5) is 9.24. The number of rotatable bonds is 6. The molecule has 0 bridgehead atoms. The largest absolute Gasteiger partial charge is 0.317 e. The molecule has 0 spiro atoms. The van der Waals surface area contributed by atoms with Crippen LogP contribution >= 0.6 is 11.6 Å². The maximum Gasteiger partial charge on any atom is 0.158 e. The molecule has 2 aromatic carbocycles. The van der Waals surface area contributed by atoms with Gasteiger partial charge in [-0.25, -0.2) is 4.98 Å². The lowest BCUT2D eigenvalue weighted by molar-refractivity contribution is 0.346. The van der Waals surface area contributed by atoms with Gasteiger partial charge in [-0.3, -0.25) is 0 Å². The monoisotopic (exact) mass is 465 g/mol. The van der Waals surface area contributed by atoms with E-state index < -0.39 is 0 Å². The zero-order valence-corrected chi connectivity index (χ0v) is 21.8. The predicted molar refractivity (Wildman–Crippen MR) is 146 cm³/mol. The number of halogens is 1. The number of anilines is 4. The van der Waals surface area contributed by atoms with Gasteiger partial charge in [-0.05, 0) is 55.2 Å². The number of hydrogen-bond acceptors (Lipinski definition) is 3. The van der Waals surface area contributed by atoms with Crippen LogP contribution in [0.5, 0.6) is 0 Å². The van der Waals surface area contributed by atoms with Crippen molar-refractivity contribution >= 4 is 34.5 Å². The fraction of sp³-hybridized carbons (Fsp3) is 0.414. The number of pyridine rings is 1. The molecule has 3 nitrogen and oxygen atoms in total. The average molecular weight is 466 g/mol. The Morgan fingerprint density at radius 2 is 1.36 bits per heavy atom. The Morgan fingerprint density at radius 3 is 1.82 bits per heavy atom. The highest BCUT2D eigenvalue weighted by atomic mass is 35.5. The van der Waals surface area contributed by atoms with Gasteiger partial charge >= 0.3 is 0 Å². The lowest BCUT2D eigenvalue weighted by Crippen LogP contribution is -2.35. The first-order chi connectivity index (χ1) is 16.1. The second kappa shape index (κ2) is 13.9. The number of benzene rings is 2. The SMILES string of the molecule is CC1N(c2ccccc2)c2cccnc2N1c1ccccc1.CCCC(CC)C(C)C.CCl. The van der Waals surface area contributed by atoms with Crippen LogP contribution in [0.1, 0.15) is 53.9 Å². The minimum Gasteiger partial charge on any atom is -0.317 e. The van der Waals surface area contributed by atoms with Crippen molar-refractivity contribution in [2.24, 2.45) is 11.8 Å². The van der Waals surface area contributed by atoms with Crippen molar-refractivity contribution in [3.05, 3.63) is 79.0 Å². The first-order valence-corrected chi connectivity index (χ1v) is 12.8. The molecule has 2 unspecified atom stereocenters. The molecule has 0 N–H and O–H groups in total. The van der Waals surface area contributed by atoms with E-state index in [1.807, 2.05) is 24.4 Å². The molecule has 3 aromatic rings. The van der Waals surface area contributed by atoms with Gasteiger partial charge in [-0.2, -0.15) is 0 Å². The van der Waals surface area contributed by atoms with E-state index in [1.54, 1.807) is 0 Å². The van der Waals surface area contributed by atoms with Crippen molar-refractivity contribution < 1.29 is 0 Å². The Balaban J connectivity index is 0.000000299. The summed E-state index contributed by atoms with van der Waals surface area (Å²) in [5.74, 6) is 2.86. The number of para-hydroxylation sites is 2. The van der Waals surface area contributed by atoms with E-state index in [4.69, 9.17) is 0 Å². The summed E-state index contributed by atoms with van der Waals surface area (Å²) < 4.78 is 0. The second-order valence-corrected chi connectivity index (χ2v) is 8.59. The van der Waals surface area contributed by atoms with E-state index in [0.717, 1.165) is 29.0 Å². The molecular formula is C29H40ClN3. The molecule has 2 heterocycles. The zero-order valence-electron chi connectivity index (χ0n) is 21.1. The molecule has 4 heteroatoms. The number of alkyl halides is 1. The van der Waals surface area contributed by atoms with E-state index >= 15 is 0 Å². The molecule has 0 amide bonds. The Bertz CT molecular complexity index is 848. The highest BCUT2D eigenvalue weighted by Crippen LogP contribution is 2.45. The van der Waals surface area contributed by atoms with Crippen molar-refractivity contribution in [2.75, 3.05) is 16.2 Å². The number of nitrogens with zero attached hydrogens (tertiary/aromatic N) is 3. The lowest BCUT2D eigenvalue weighted by atomic mass is 9.89. The molecule has 0 saturated carbocycles. The predicted octanol–water partition coefficient (Wildman–Crippen LogP) is 9.04. The van der Waals surface area contributed by atoms with Crippen molar-refractivity contribution in [2.45, 2.75) is 60.0 Å². The van der Waals surface area contributed by atoms with Crippen LogP contribution in [-0.4, -0.2) is 17.5 Å². The zero-order chi connectivity index (χ0) is 24.2. The van der Waals surface area contributed by atoms with E-state index in [2.05, 4.69) is 116 Å². The molecular weight excluding hydrogens is 426 g/mol. The van der Waals surface area contributed by atoms with Gasteiger partial charge in [0.05, 0.1) is 5.69 Å². The number of hydrogen-bond donors (Lipinski definition) is 0. The number of fused-ring (bicyclic) bond motifs is 1. The molecule has 4 rings (SSSR count). The fourth-order valence-electron chi connectivity index (χ4n) is 4.51. The Labute approximate surface area is 206 Å². The average Bonchev–Trinajstić information content (AvgIpc) is 3.16. The van der Waals surface area contributed by atoms with Crippen molar-refractivity contribution in [3.8, 4) is 0 Å². The van der Waals surface area contributed by atoms with E-state index in [9.17, 15) is 0 Å². The van der Waals surface area contributed by atoms with E-state index in [-0.39, 0.29) is 6.17 Å². The molecule has 1 aliphatic rings. The van der Waals surface area contributed by atoms with Gasteiger partial charge in [0.1, 0.15) is 6.17 Å².